The summed E-state index contributed by atoms with van der Waals surface area (Å²) in [5.41, 5.74) is 11.0. The molecule has 196 valence electrons. The van der Waals surface area contributed by atoms with E-state index in [2.05, 4.69) is 49.1 Å². The number of nitrogens with zero attached hydrogens (tertiary/aromatic N) is 3. The van der Waals surface area contributed by atoms with Crippen LogP contribution in [0.4, 0.5) is 5.69 Å². The molecule has 2 bridgehead atoms. The van der Waals surface area contributed by atoms with Crippen LogP contribution in [0.2, 0.25) is 5.02 Å². The smallest absolute Gasteiger partial charge is 0.248 e. The number of primary amides is 1. The third-order valence-corrected chi connectivity index (χ3v) is 8.60. The number of anilines is 1. The summed E-state index contributed by atoms with van der Waals surface area (Å²) in [6.07, 6.45) is 3.74. The Morgan fingerprint density at radius 1 is 1.03 bits per heavy atom. The molecule has 3 atom stereocenters. The number of piperidine rings is 1. The van der Waals surface area contributed by atoms with Gasteiger partial charge in [0.1, 0.15) is 5.69 Å². The molecule has 6 nitrogen and oxygen atoms in total. The number of aliphatic hydroxyl groups is 1. The number of hydrogen-bond acceptors (Lipinski definition) is 4. The molecule has 6 rings (SSSR count). The molecule has 2 aliphatic rings. The summed E-state index contributed by atoms with van der Waals surface area (Å²) < 4.78 is 2.04. The van der Waals surface area contributed by atoms with Gasteiger partial charge in [-0.15, -0.1) is 0 Å². The summed E-state index contributed by atoms with van der Waals surface area (Å²) in [6.45, 7) is 4.33. The van der Waals surface area contributed by atoms with Crippen LogP contribution in [0.3, 0.4) is 0 Å². The lowest BCUT2D eigenvalue weighted by atomic mass is 9.95. The summed E-state index contributed by atoms with van der Waals surface area (Å²) in [7, 11) is 0. The zero-order valence-corrected chi connectivity index (χ0v) is 22.5. The van der Waals surface area contributed by atoms with Crippen molar-refractivity contribution in [2.75, 3.05) is 4.90 Å². The number of hydrogen-bond donors (Lipinski definition) is 2. The summed E-state index contributed by atoms with van der Waals surface area (Å²) in [5.74, 6) is -0.246. The second kappa shape index (κ2) is 9.75. The van der Waals surface area contributed by atoms with Crippen LogP contribution in [0, 0.1) is 5.92 Å². The lowest BCUT2D eigenvalue weighted by Gasteiger charge is -2.39. The Bertz CT molecular complexity index is 1480. The second-order valence-corrected chi connectivity index (χ2v) is 11.5. The van der Waals surface area contributed by atoms with Gasteiger partial charge in [0.05, 0.1) is 17.7 Å². The maximum Gasteiger partial charge on any atom is 0.248 e. The largest absolute Gasteiger partial charge is 0.393 e. The molecule has 1 aromatic heterocycles. The van der Waals surface area contributed by atoms with E-state index in [4.69, 9.17) is 22.4 Å². The van der Waals surface area contributed by atoms with Gasteiger partial charge in [-0.05, 0) is 73.6 Å². The molecule has 4 aromatic rings. The standard InChI is InChI=1S/C31H33ClN4O2/c1-18(2)30(25-5-3-4-6-27(25)32)36-28-14-9-20(31(33)38)15-26(28)29(34-36)19-7-10-21(11-8-19)35-22-12-13-23(35)17-24(37)16-22/h3-11,14-15,18,22-24,30,37H,12-13,16-17H2,1-2H3,(H2,33,38)/t22?,23?,24?,30-/m0/s1. The lowest BCUT2D eigenvalue weighted by molar-refractivity contribution is 0.100. The van der Waals surface area contributed by atoms with E-state index in [1.54, 1.807) is 6.07 Å². The Balaban J connectivity index is 1.46. The van der Waals surface area contributed by atoms with Crippen LogP contribution in [-0.2, 0) is 0 Å². The second-order valence-electron chi connectivity index (χ2n) is 11.1. The van der Waals surface area contributed by atoms with Gasteiger partial charge in [-0.1, -0.05) is 55.8 Å². The Hall–Kier alpha value is -3.35. The summed E-state index contributed by atoms with van der Waals surface area (Å²) in [6, 6.07) is 22.7. The summed E-state index contributed by atoms with van der Waals surface area (Å²) in [4.78, 5) is 14.6. The fraction of sp³-hybridized carbons (Fsp3) is 0.355. The minimum absolute atomic E-state index is 0.0888. The van der Waals surface area contributed by atoms with Crippen molar-refractivity contribution >= 4 is 34.1 Å². The number of amides is 1. The number of nitrogens with two attached hydrogens (primary N) is 1. The molecule has 38 heavy (non-hydrogen) atoms. The third-order valence-electron chi connectivity index (χ3n) is 8.26. The fourth-order valence-electron chi connectivity index (χ4n) is 6.57. The van der Waals surface area contributed by atoms with Crippen molar-refractivity contribution in [3.05, 3.63) is 82.9 Å². The molecule has 3 aromatic carbocycles. The van der Waals surface area contributed by atoms with Crippen LogP contribution in [0.5, 0.6) is 0 Å². The third kappa shape index (κ3) is 4.26. The molecule has 2 saturated heterocycles. The van der Waals surface area contributed by atoms with Crippen LogP contribution in [0.25, 0.3) is 22.2 Å². The number of fused-ring (bicyclic) bond motifs is 3. The van der Waals surface area contributed by atoms with Gasteiger partial charge in [-0.25, -0.2) is 0 Å². The zero-order chi connectivity index (χ0) is 26.6. The molecule has 0 aliphatic carbocycles. The van der Waals surface area contributed by atoms with Gasteiger partial charge < -0.3 is 15.7 Å². The quantitative estimate of drug-likeness (QED) is 0.312. The molecule has 0 spiro atoms. The first-order valence-corrected chi connectivity index (χ1v) is 13.8. The Morgan fingerprint density at radius 2 is 1.71 bits per heavy atom. The first-order valence-electron chi connectivity index (χ1n) is 13.4. The summed E-state index contributed by atoms with van der Waals surface area (Å²) >= 11 is 6.66. The van der Waals surface area contributed by atoms with Crippen molar-refractivity contribution in [3.63, 3.8) is 0 Å². The molecule has 0 radical (unpaired) electrons. The lowest BCUT2D eigenvalue weighted by Crippen LogP contribution is -2.44. The highest BCUT2D eigenvalue weighted by Crippen LogP contribution is 2.41. The molecule has 1 amide bonds. The minimum atomic E-state index is -0.463. The molecule has 2 fully saturated rings. The van der Waals surface area contributed by atoms with Crippen LogP contribution in [-0.4, -0.2) is 39.0 Å². The Labute approximate surface area is 228 Å². The van der Waals surface area contributed by atoms with Crippen LogP contribution < -0.4 is 10.6 Å². The highest BCUT2D eigenvalue weighted by molar-refractivity contribution is 6.31. The van der Waals surface area contributed by atoms with E-state index in [0.29, 0.717) is 22.7 Å². The topological polar surface area (TPSA) is 84.4 Å². The SMILES string of the molecule is CC(C)[C@@H](c1ccccc1Cl)n1nc(-c2ccc(N3C4CCC3CC(O)C4)cc2)c2cc(C(N)=O)ccc21. The average Bonchev–Trinajstić information content (AvgIpc) is 3.40. The maximum absolute atomic E-state index is 12.1. The molecule has 2 aliphatic heterocycles. The van der Waals surface area contributed by atoms with Crippen molar-refractivity contribution in [1.82, 2.24) is 9.78 Å². The van der Waals surface area contributed by atoms with E-state index >= 15 is 0 Å². The molecule has 3 heterocycles. The number of rotatable bonds is 6. The van der Waals surface area contributed by atoms with E-state index in [-0.39, 0.29) is 18.1 Å². The van der Waals surface area contributed by atoms with Crippen molar-refractivity contribution in [2.24, 2.45) is 11.7 Å². The highest BCUT2D eigenvalue weighted by Gasteiger charge is 2.40. The predicted molar refractivity (Wildman–Crippen MR) is 153 cm³/mol. The van der Waals surface area contributed by atoms with Crippen LogP contribution >= 0.6 is 11.6 Å². The minimum Gasteiger partial charge on any atom is -0.393 e. The number of aliphatic hydroxyl groups excluding tert-OH is 1. The van der Waals surface area contributed by atoms with Crippen LogP contribution in [0.1, 0.15) is 61.5 Å². The molecule has 0 saturated carbocycles. The normalized spacial score (nSPS) is 21.8. The number of carbonyl (C=O) groups excluding carboxylic acids is 1. The number of halogens is 1. The van der Waals surface area contributed by atoms with Gasteiger partial charge in [-0.2, -0.15) is 5.10 Å². The van der Waals surface area contributed by atoms with E-state index in [1.165, 1.54) is 5.69 Å². The van der Waals surface area contributed by atoms with E-state index < -0.39 is 5.91 Å². The predicted octanol–water partition coefficient (Wildman–Crippen LogP) is 6.19. The average molecular weight is 529 g/mol. The molecular weight excluding hydrogens is 496 g/mol. The van der Waals surface area contributed by atoms with Gasteiger partial charge in [0, 0.05) is 39.3 Å². The van der Waals surface area contributed by atoms with Crippen molar-refractivity contribution in [2.45, 2.75) is 63.8 Å². The Kier molecular flexibility index (Phi) is 6.40. The first kappa shape index (κ1) is 25.0. The van der Waals surface area contributed by atoms with Gasteiger partial charge >= 0.3 is 0 Å². The van der Waals surface area contributed by atoms with Gasteiger partial charge in [0.15, 0.2) is 0 Å². The molecule has 2 unspecified atom stereocenters. The van der Waals surface area contributed by atoms with Crippen molar-refractivity contribution in [3.8, 4) is 11.3 Å². The van der Waals surface area contributed by atoms with Crippen molar-refractivity contribution < 1.29 is 9.90 Å². The maximum atomic E-state index is 12.1. The summed E-state index contributed by atoms with van der Waals surface area (Å²) in [5, 5.41) is 17.0. The highest BCUT2D eigenvalue weighted by atomic mass is 35.5. The number of aromatic nitrogens is 2. The van der Waals surface area contributed by atoms with Gasteiger partial charge in [0.25, 0.3) is 0 Å². The van der Waals surface area contributed by atoms with Gasteiger partial charge in [-0.3, -0.25) is 9.48 Å². The molecule has 3 N–H and O–H groups in total. The Morgan fingerprint density at radius 3 is 2.34 bits per heavy atom. The fourth-order valence-corrected chi connectivity index (χ4v) is 6.82. The molecular formula is C31H33ClN4O2. The van der Waals surface area contributed by atoms with Gasteiger partial charge in [0.2, 0.25) is 5.91 Å². The van der Waals surface area contributed by atoms with E-state index in [9.17, 15) is 9.90 Å². The zero-order valence-electron chi connectivity index (χ0n) is 21.7. The number of carbonyl (C=O) groups is 1. The van der Waals surface area contributed by atoms with Crippen molar-refractivity contribution in [1.29, 1.82) is 0 Å². The monoisotopic (exact) mass is 528 g/mol. The van der Waals surface area contributed by atoms with E-state index in [1.807, 2.05) is 35.0 Å². The van der Waals surface area contributed by atoms with E-state index in [0.717, 1.165) is 53.4 Å². The van der Waals surface area contributed by atoms with Crippen LogP contribution in [0.15, 0.2) is 66.7 Å². The molecule has 7 heteroatoms. The first-order chi connectivity index (χ1) is 18.3. The number of benzene rings is 3.